The third-order valence-electron chi connectivity index (χ3n) is 2.25. The Bertz CT molecular complexity index is 562. The normalized spacial score (nSPS) is 10.2. The number of nitrogens with one attached hydrogen (secondary N) is 1. The Morgan fingerprint density at radius 2 is 2.41 bits per heavy atom. The van der Waals surface area contributed by atoms with E-state index in [1.807, 2.05) is 5.38 Å². The summed E-state index contributed by atoms with van der Waals surface area (Å²) in [6, 6.07) is 2.88. The first-order valence-electron chi connectivity index (χ1n) is 4.98. The van der Waals surface area contributed by atoms with Crippen molar-refractivity contribution in [1.29, 1.82) is 0 Å². The Balaban J connectivity index is 2.12. The Morgan fingerprint density at radius 1 is 1.59 bits per heavy atom. The van der Waals surface area contributed by atoms with E-state index in [9.17, 15) is 9.59 Å². The van der Waals surface area contributed by atoms with Gasteiger partial charge in [0.05, 0.1) is 17.7 Å². The number of carbonyl (C=O) groups excluding carboxylic acids is 1. The van der Waals surface area contributed by atoms with Gasteiger partial charge in [0.2, 0.25) is 5.56 Å². The van der Waals surface area contributed by atoms with E-state index in [1.165, 1.54) is 28.5 Å². The fourth-order valence-electron chi connectivity index (χ4n) is 1.43. The van der Waals surface area contributed by atoms with E-state index in [2.05, 4.69) is 9.97 Å². The Hall–Kier alpha value is -1.95. The molecule has 0 aliphatic carbocycles. The minimum absolute atomic E-state index is 0.191. The molecule has 1 amide bonds. The average Bonchev–Trinajstić information content (AvgIpc) is 2.80. The van der Waals surface area contributed by atoms with Gasteiger partial charge in [-0.2, -0.15) is 0 Å². The maximum atomic E-state index is 12.0. The fourth-order valence-corrected chi connectivity index (χ4v) is 1.98. The molecular formula is C11H11N3O2S. The van der Waals surface area contributed by atoms with Crippen LogP contribution in [0.5, 0.6) is 0 Å². The van der Waals surface area contributed by atoms with Crippen LogP contribution in [-0.4, -0.2) is 27.8 Å². The van der Waals surface area contributed by atoms with E-state index in [4.69, 9.17) is 0 Å². The molecular weight excluding hydrogens is 238 g/mol. The first-order chi connectivity index (χ1) is 8.16. The summed E-state index contributed by atoms with van der Waals surface area (Å²) in [6.07, 6.45) is 1.46. The summed E-state index contributed by atoms with van der Waals surface area (Å²) in [5.41, 5.74) is 2.67. The number of rotatable bonds is 3. The van der Waals surface area contributed by atoms with Gasteiger partial charge in [-0.3, -0.25) is 9.59 Å². The molecule has 0 spiro atoms. The topological polar surface area (TPSA) is 66.1 Å². The lowest BCUT2D eigenvalue weighted by Crippen LogP contribution is -2.27. The highest BCUT2D eigenvalue weighted by Gasteiger charge is 2.12. The maximum absolute atomic E-state index is 12.0. The predicted octanol–water partition coefficient (Wildman–Crippen LogP) is 1.10. The van der Waals surface area contributed by atoms with E-state index < -0.39 is 0 Å². The molecule has 5 nitrogen and oxygen atoms in total. The van der Waals surface area contributed by atoms with Gasteiger partial charge in [0, 0.05) is 30.3 Å². The molecule has 2 heterocycles. The van der Waals surface area contributed by atoms with E-state index in [-0.39, 0.29) is 11.5 Å². The molecule has 88 valence electrons. The van der Waals surface area contributed by atoms with Crippen LogP contribution in [0.15, 0.2) is 34.0 Å². The number of hydrogen-bond donors (Lipinski definition) is 1. The first kappa shape index (κ1) is 11.5. The second-order valence-electron chi connectivity index (χ2n) is 3.58. The maximum Gasteiger partial charge on any atom is 0.254 e. The van der Waals surface area contributed by atoms with Gasteiger partial charge in [-0.25, -0.2) is 4.98 Å². The van der Waals surface area contributed by atoms with Crippen molar-refractivity contribution in [2.45, 2.75) is 6.54 Å². The first-order valence-corrected chi connectivity index (χ1v) is 5.92. The third kappa shape index (κ3) is 2.79. The van der Waals surface area contributed by atoms with Crippen LogP contribution in [0, 0.1) is 0 Å². The number of pyridine rings is 1. The lowest BCUT2D eigenvalue weighted by molar-refractivity contribution is 0.0783. The molecule has 2 aromatic rings. The van der Waals surface area contributed by atoms with Crippen molar-refractivity contribution in [2.24, 2.45) is 0 Å². The van der Waals surface area contributed by atoms with Gasteiger partial charge in [-0.15, -0.1) is 11.3 Å². The van der Waals surface area contributed by atoms with E-state index >= 15 is 0 Å². The summed E-state index contributed by atoms with van der Waals surface area (Å²) in [6.45, 7) is 0.440. The van der Waals surface area contributed by atoms with Crippen LogP contribution >= 0.6 is 11.3 Å². The van der Waals surface area contributed by atoms with Crippen LogP contribution in [0.4, 0.5) is 0 Å². The number of amides is 1. The number of carbonyl (C=O) groups is 1. The summed E-state index contributed by atoms with van der Waals surface area (Å²) in [5.74, 6) is -0.191. The van der Waals surface area contributed by atoms with Crippen LogP contribution in [0.25, 0.3) is 0 Å². The summed E-state index contributed by atoms with van der Waals surface area (Å²) in [7, 11) is 1.68. The summed E-state index contributed by atoms with van der Waals surface area (Å²) >= 11 is 1.49. The molecule has 0 atom stereocenters. The van der Waals surface area contributed by atoms with Gasteiger partial charge in [-0.05, 0) is 6.07 Å². The summed E-state index contributed by atoms with van der Waals surface area (Å²) in [4.78, 5) is 31.2. The molecule has 0 radical (unpaired) electrons. The minimum atomic E-state index is -0.280. The van der Waals surface area contributed by atoms with Gasteiger partial charge < -0.3 is 9.88 Å². The van der Waals surface area contributed by atoms with Crippen molar-refractivity contribution >= 4 is 17.2 Å². The number of nitrogens with zero attached hydrogens (tertiary/aromatic N) is 2. The lowest BCUT2D eigenvalue weighted by Gasteiger charge is -2.15. The van der Waals surface area contributed by atoms with Crippen molar-refractivity contribution in [2.75, 3.05) is 7.05 Å². The number of aromatic nitrogens is 2. The van der Waals surface area contributed by atoms with Crippen molar-refractivity contribution in [3.63, 3.8) is 0 Å². The quantitative estimate of drug-likeness (QED) is 0.886. The van der Waals surface area contributed by atoms with E-state index in [0.29, 0.717) is 12.1 Å². The molecule has 2 aromatic heterocycles. The standard InChI is InChI=1S/C11H11N3O2S/c1-14(5-9-6-17-7-13-9)11(16)8-2-3-12-10(15)4-8/h2-4,6-7H,5H2,1H3,(H,12,15). The number of aromatic amines is 1. The second-order valence-corrected chi connectivity index (χ2v) is 4.30. The summed E-state index contributed by atoms with van der Waals surface area (Å²) in [5, 5.41) is 1.89. The van der Waals surface area contributed by atoms with Gasteiger partial charge >= 0.3 is 0 Å². The zero-order valence-corrected chi connectivity index (χ0v) is 10.0. The van der Waals surface area contributed by atoms with Crippen molar-refractivity contribution in [3.05, 3.63) is 50.8 Å². The van der Waals surface area contributed by atoms with Gasteiger partial charge in [0.25, 0.3) is 5.91 Å². The minimum Gasteiger partial charge on any atom is -0.336 e. The molecule has 0 saturated carbocycles. The summed E-state index contributed by atoms with van der Waals surface area (Å²) < 4.78 is 0. The van der Waals surface area contributed by atoms with Crippen LogP contribution in [0.3, 0.4) is 0 Å². The molecule has 0 bridgehead atoms. The molecule has 17 heavy (non-hydrogen) atoms. The van der Waals surface area contributed by atoms with Crippen molar-refractivity contribution in [1.82, 2.24) is 14.9 Å². The monoisotopic (exact) mass is 249 g/mol. The predicted molar refractivity (Wildman–Crippen MR) is 65.0 cm³/mol. The lowest BCUT2D eigenvalue weighted by atomic mass is 10.2. The molecule has 0 saturated heterocycles. The van der Waals surface area contributed by atoms with Crippen molar-refractivity contribution < 1.29 is 4.79 Å². The average molecular weight is 249 g/mol. The highest BCUT2D eigenvalue weighted by Crippen LogP contribution is 2.07. The highest BCUT2D eigenvalue weighted by molar-refractivity contribution is 7.07. The molecule has 2 rings (SSSR count). The largest absolute Gasteiger partial charge is 0.336 e. The van der Waals surface area contributed by atoms with E-state index in [0.717, 1.165) is 5.69 Å². The molecule has 0 unspecified atom stereocenters. The van der Waals surface area contributed by atoms with Gasteiger partial charge in [-0.1, -0.05) is 0 Å². The zero-order valence-electron chi connectivity index (χ0n) is 9.21. The Labute approximate surface area is 102 Å². The van der Waals surface area contributed by atoms with E-state index in [1.54, 1.807) is 18.6 Å². The molecule has 0 aliphatic rings. The van der Waals surface area contributed by atoms with Crippen LogP contribution < -0.4 is 5.56 Å². The van der Waals surface area contributed by atoms with Gasteiger partial charge in [0.15, 0.2) is 0 Å². The molecule has 6 heteroatoms. The highest BCUT2D eigenvalue weighted by atomic mass is 32.1. The molecule has 0 aromatic carbocycles. The van der Waals surface area contributed by atoms with Crippen LogP contribution in [0.2, 0.25) is 0 Å². The Kier molecular flexibility index (Phi) is 3.34. The molecule has 0 aliphatic heterocycles. The van der Waals surface area contributed by atoms with Crippen LogP contribution in [0.1, 0.15) is 16.1 Å². The second kappa shape index (κ2) is 4.92. The smallest absolute Gasteiger partial charge is 0.254 e. The zero-order chi connectivity index (χ0) is 12.3. The number of H-pyrrole nitrogens is 1. The Morgan fingerprint density at radius 3 is 3.06 bits per heavy atom. The SMILES string of the molecule is CN(Cc1cscn1)C(=O)c1cc[nH]c(=O)c1. The van der Waals surface area contributed by atoms with Crippen LogP contribution in [-0.2, 0) is 6.54 Å². The number of hydrogen-bond acceptors (Lipinski definition) is 4. The van der Waals surface area contributed by atoms with Gasteiger partial charge in [0.1, 0.15) is 0 Å². The molecule has 0 fully saturated rings. The fraction of sp³-hybridized carbons (Fsp3) is 0.182. The molecule has 1 N–H and O–H groups in total. The van der Waals surface area contributed by atoms with Crippen molar-refractivity contribution in [3.8, 4) is 0 Å². The number of thiazole rings is 1. The third-order valence-corrected chi connectivity index (χ3v) is 2.89.